The van der Waals surface area contributed by atoms with Crippen molar-refractivity contribution in [1.29, 1.82) is 0 Å². The van der Waals surface area contributed by atoms with E-state index in [2.05, 4.69) is 35.6 Å². The Morgan fingerprint density at radius 2 is 1.62 bits per heavy atom. The van der Waals surface area contributed by atoms with Gasteiger partial charge in [-0.1, -0.05) is 72.8 Å². The van der Waals surface area contributed by atoms with Crippen LogP contribution in [0.3, 0.4) is 0 Å². The minimum atomic E-state index is -1.28. The molecule has 0 unspecified atom stereocenters. The molecule has 4 aromatic carbocycles. The number of hydrogen-bond acceptors (Lipinski definition) is 5. The molecule has 0 aliphatic carbocycles. The summed E-state index contributed by atoms with van der Waals surface area (Å²) in [5, 5.41) is 16.7. The van der Waals surface area contributed by atoms with Crippen molar-refractivity contribution in [2.45, 2.75) is 32.4 Å². The van der Waals surface area contributed by atoms with Crippen LogP contribution in [0, 0.1) is 6.92 Å². The van der Waals surface area contributed by atoms with E-state index in [1.54, 1.807) is 6.07 Å². The molecule has 0 bridgehead atoms. The normalized spacial score (nSPS) is 11.5. The fourth-order valence-corrected chi connectivity index (χ4v) is 4.94. The van der Waals surface area contributed by atoms with Gasteiger partial charge >= 0.3 is 18.9 Å². The van der Waals surface area contributed by atoms with Crippen LogP contribution >= 0.6 is 11.8 Å². The van der Waals surface area contributed by atoms with Crippen LogP contribution in [0.2, 0.25) is 0 Å². The number of thioether (sulfide) groups is 1. The number of ether oxygens (including phenoxy) is 1. The first-order valence-corrected chi connectivity index (χ1v) is 14.1. The zero-order chi connectivity index (χ0) is 26.9. The Hall–Kier alpha value is -3.01. The number of fused-ring (bicyclic) bond motifs is 1. The standard InChI is InChI=1S/C32H33NO4S.Li/c1-22-7-3-6-10-27(22)29-20-24(12-14-28(29)31(34)33-30(32(35)36)16-18-38-2)21-37-17-15-23-11-13-25-8-4-5-9-26(25)19-23;/h3-14,19-20,30H,15-18,21H2,1-2H3,(H,33,34)(H,35,36);/q;+1/p-1/t30-;/m0./s1. The summed E-state index contributed by atoms with van der Waals surface area (Å²) in [4.78, 5) is 24.8. The number of carboxylic acid groups (broad SMARTS) is 1. The van der Waals surface area contributed by atoms with Crippen LogP contribution in [0.5, 0.6) is 0 Å². The van der Waals surface area contributed by atoms with Crippen molar-refractivity contribution < 1.29 is 38.3 Å². The van der Waals surface area contributed by atoms with Crippen molar-refractivity contribution in [3.63, 3.8) is 0 Å². The van der Waals surface area contributed by atoms with Gasteiger partial charge in [0, 0.05) is 5.56 Å². The van der Waals surface area contributed by atoms with Crippen molar-refractivity contribution in [2.24, 2.45) is 0 Å². The van der Waals surface area contributed by atoms with Gasteiger partial charge in [0.2, 0.25) is 0 Å². The van der Waals surface area contributed by atoms with Gasteiger partial charge < -0.3 is 20.0 Å². The summed E-state index contributed by atoms with van der Waals surface area (Å²) >= 11 is 1.53. The average Bonchev–Trinajstić information content (AvgIpc) is 2.93. The van der Waals surface area contributed by atoms with Crippen LogP contribution in [-0.4, -0.2) is 36.5 Å². The first-order chi connectivity index (χ1) is 18.5. The summed E-state index contributed by atoms with van der Waals surface area (Å²) in [5.74, 6) is -1.09. The Morgan fingerprint density at radius 1 is 0.897 bits per heavy atom. The van der Waals surface area contributed by atoms with Gasteiger partial charge in [0.05, 0.1) is 25.2 Å². The quantitative estimate of drug-likeness (QED) is 0.223. The molecule has 0 fully saturated rings. The summed E-state index contributed by atoms with van der Waals surface area (Å²) in [7, 11) is 0. The Kier molecular flexibility index (Phi) is 11.7. The third-order valence-electron chi connectivity index (χ3n) is 6.58. The van der Waals surface area contributed by atoms with E-state index in [-0.39, 0.29) is 18.9 Å². The van der Waals surface area contributed by atoms with Gasteiger partial charge in [-0.15, -0.1) is 0 Å². The molecule has 4 rings (SSSR count). The predicted octanol–water partition coefficient (Wildman–Crippen LogP) is 2.18. The molecule has 1 N–H and O–H groups in total. The van der Waals surface area contributed by atoms with Gasteiger partial charge in [0.15, 0.2) is 0 Å². The third-order valence-corrected chi connectivity index (χ3v) is 7.23. The van der Waals surface area contributed by atoms with E-state index in [1.807, 2.05) is 61.7 Å². The summed E-state index contributed by atoms with van der Waals surface area (Å²) < 4.78 is 6.01. The minimum Gasteiger partial charge on any atom is -0.548 e. The minimum absolute atomic E-state index is 0. The maximum Gasteiger partial charge on any atom is 1.00 e. The van der Waals surface area contributed by atoms with Crippen LogP contribution in [-0.2, 0) is 22.6 Å². The van der Waals surface area contributed by atoms with E-state index in [4.69, 9.17) is 4.74 Å². The predicted molar refractivity (Wildman–Crippen MR) is 153 cm³/mol. The number of aliphatic carboxylic acids is 1. The van der Waals surface area contributed by atoms with Gasteiger partial charge in [-0.05, 0) is 82.5 Å². The molecule has 0 aromatic heterocycles. The van der Waals surface area contributed by atoms with Crippen LogP contribution in [0.15, 0.2) is 84.9 Å². The zero-order valence-corrected chi connectivity index (χ0v) is 23.6. The summed E-state index contributed by atoms with van der Waals surface area (Å²) in [6.45, 7) is 2.97. The molecule has 0 saturated carbocycles. The van der Waals surface area contributed by atoms with Gasteiger partial charge in [-0.3, -0.25) is 4.79 Å². The van der Waals surface area contributed by atoms with Gasteiger partial charge in [-0.2, -0.15) is 11.8 Å². The van der Waals surface area contributed by atoms with Crippen molar-refractivity contribution >= 4 is 34.4 Å². The largest absolute Gasteiger partial charge is 1.00 e. The number of carboxylic acids is 1. The second-order valence-electron chi connectivity index (χ2n) is 9.31. The first kappa shape index (κ1) is 30.5. The van der Waals surface area contributed by atoms with Crippen LogP contribution in [0.4, 0.5) is 0 Å². The van der Waals surface area contributed by atoms with E-state index in [1.165, 1.54) is 28.1 Å². The van der Waals surface area contributed by atoms with Crippen molar-refractivity contribution in [2.75, 3.05) is 18.6 Å². The fourth-order valence-electron chi connectivity index (χ4n) is 4.47. The molecule has 196 valence electrons. The number of aryl methyl sites for hydroxylation is 1. The molecule has 39 heavy (non-hydrogen) atoms. The summed E-state index contributed by atoms with van der Waals surface area (Å²) in [5.41, 5.74) is 5.28. The van der Waals surface area contributed by atoms with Crippen molar-refractivity contribution in [3.05, 3.63) is 107 Å². The molecule has 5 nitrogen and oxygen atoms in total. The van der Waals surface area contributed by atoms with Gasteiger partial charge in [-0.25, -0.2) is 0 Å². The number of hydrogen-bond donors (Lipinski definition) is 1. The van der Waals surface area contributed by atoms with Crippen molar-refractivity contribution in [1.82, 2.24) is 5.32 Å². The molecule has 4 aromatic rings. The van der Waals surface area contributed by atoms with Gasteiger partial charge in [0.25, 0.3) is 5.91 Å². The second-order valence-corrected chi connectivity index (χ2v) is 10.3. The number of carbonyl (C=O) groups is 2. The first-order valence-electron chi connectivity index (χ1n) is 12.7. The van der Waals surface area contributed by atoms with E-state index >= 15 is 0 Å². The maximum absolute atomic E-state index is 13.2. The van der Waals surface area contributed by atoms with E-state index in [9.17, 15) is 14.7 Å². The monoisotopic (exact) mass is 533 g/mol. The number of rotatable bonds is 12. The number of amides is 1. The molecule has 1 amide bonds. The molecule has 0 aliphatic rings. The van der Waals surface area contributed by atoms with E-state index < -0.39 is 17.9 Å². The molecule has 0 heterocycles. The smallest absolute Gasteiger partial charge is 0.548 e. The topological polar surface area (TPSA) is 78.5 Å². The summed E-state index contributed by atoms with van der Waals surface area (Å²) in [6.07, 6.45) is 3.00. The van der Waals surface area contributed by atoms with E-state index in [0.29, 0.717) is 31.0 Å². The van der Waals surface area contributed by atoms with E-state index in [0.717, 1.165) is 28.7 Å². The second kappa shape index (κ2) is 15.0. The maximum atomic E-state index is 13.2. The zero-order valence-electron chi connectivity index (χ0n) is 22.7. The number of benzene rings is 4. The number of carbonyl (C=O) groups excluding carboxylic acids is 2. The SMILES string of the molecule is CSCC[C@H](NC(=O)c1ccc(COCCc2ccc3ccccc3c2)cc1-c1ccccc1C)C(=O)[O-].[Li+]. The fraction of sp³-hybridized carbons (Fsp3) is 0.250. The third kappa shape index (κ3) is 8.24. The molecule has 0 saturated heterocycles. The summed E-state index contributed by atoms with van der Waals surface area (Å²) in [6, 6.07) is 27.1. The molecule has 0 radical (unpaired) electrons. The van der Waals surface area contributed by atoms with Gasteiger partial charge in [0.1, 0.15) is 0 Å². The van der Waals surface area contributed by atoms with Crippen LogP contribution in [0.25, 0.3) is 21.9 Å². The molecular formula is C32H32LiNO4S. The average molecular weight is 534 g/mol. The Bertz CT molecular complexity index is 1420. The molecule has 0 aliphatic heterocycles. The Labute approximate surface area is 246 Å². The molecular weight excluding hydrogens is 501 g/mol. The Balaban J connectivity index is 0.00000420. The van der Waals surface area contributed by atoms with Crippen molar-refractivity contribution in [3.8, 4) is 11.1 Å². The molecule has 1 atom stereocenters. The Morgan fingerprint density at radius 3 is 2.36 bits per heavy atom. The van der Waals surface area contributed by atoms with Crippen LogP contribution < -0.4 is 29.3 Å². The number of nitrogens with one attached hydrogen (secondary N) is 1. The molecule has 0 spiro atoms. The van der Waals surface area contributed by atoms with Crippen LogP contribution in [0.1, 0.15) is 33.5 Å². The molecule has 7 heteroatoms.